The summed E-state index contributed by atoms with van der Waals surface area (Å²) in [4.78, 5) is 12.5. The van der Waals surface area contributed by atoms with Crippen molar-refractivity contribution in [2.24, 2.45) is 0 Å². The van der Waals surface area contributed by atoms with E-state index in [4.69, 9.17) is 9.84 Å². The number of aryl methyl sites for hydroxylation is 2. The van der Waals surface area contributed by atoms with Crippen LogP contribution in [0.1, 0.15) is 26.4 Å². The number of rotatable bonds is 1. The van der Waals surface area contributed by atoms with Crippen molar-refractivity contribution in [2.45, 2.75) is 20.5 Å². The van der Waals surface area contributed by atoms with Crippen LogP contribution in [0.5, 0.6) is 5.75 Å². The number of aromatic carboxylic acids is 1. The molecule has 0 saturated carbocycles. The van der Waals surface area contributed by atoms with Gasteiger partial charge in [0.15, 0.2) is 0 Å². The van der Waals surface area contributed by atoms with Crippen LogP contribution in [0.25, 0.3) is 10.4 Å². The van der Waals surface area contributed by atoms with E-state index in [1.54, 1.807) is 6.07 Å². The molecule has 0 radical (unpaired) electrons. The van der Waals surface area contributed by atoms with Gasteiger partial charge in [-0.15, -0.1) is 11.3 Å². The van der Waals surface area contributed by atoms with Gasteiger partial charge in [0.1, 0.15) is 17.2 Å². The molecule has 0 saturated heterocycles. The summed E-state index contributed by atoms with van der Waals surface area (Å²) < 4.78 is 5.77. The largest absolute Gasteiger partial charge is 0.488 e. The number of benzene rings is 1. The molecule has 0 amide bonds. The molecule has 1 N–H and O–H groups in total. The van der Waals surface area contributed by atoms with Gasteiger partial charge in [-0.3, -0.25) is 0 Å². The number of carboxylic acids is 1. The van der Waals surface area contributed by atoms with E-state index < -0.39 is 5.97 Å². The normalized spacial score (nSPS) is 12.6. The Kier molecular flexibility index (Phi) is 2.41. The van der Waals surface area contributed by atoms with Gasteiger partial charge in [0.05, 0.1) is 0 Å². The van der Waals surface area contributed by atoms with Crippen LogP contribution in [0.4, 0.5) is 0 Å². The first-order chi connectivity index (χ1) is 8.58. The lowest BCUT2D eigenvalue weighted by Crippen LogP contribution is -2.05. The summed E-state index contributed by atoms with van der Waals surface area (Å²) in [6.45, 7) is 4.49. The average Bonchev–Trinajstić information content (AvgIpc) is 2.77. The number of ether oxygens (including phenoxy) is 1. The fourth-order valence-corrected chi connectivity index (χ4v) is 3.37. The van der Waals surface area contributed by atoms with Gasteiger partial charge < -0.3 is 9.84 Å². The Balaban J connectivity index is 2.28. The first kappa shape index (κ1) is 11.3. The van der Waals surface area contributed by atoms with Crippen LogP contribution in [0.15, 0.2) is 18.2 Å². The molecule has 1 aliphatic rings. The van der Waals surface area contributed by atoms with Gasteiger partial charge >= 0.3 is 5.97 Å². The van der Waals surface area contributed by atoms with Crippen LogP contribution in [-0.2, 0) is 6.61 Å². The minimum Gasteiger partial charge on any atom is -0.488 e. The topological polar surface area (TPSA) is 46.5 Å². The Hall–Kier alpha value is -1.81. The van der Waals surface area contributed by atoms with Gasteiger partial charge in [0.2, 0.25) is 0 Å². The van der Waals surface area contributed by atoms with E-state index >= 15 is 0 Å². The van der Waals surface area contributed by atoms with Crippen LogP contribution >= 0.6 is 11.3 Å². The number of carboxylic acid groups (broad SMARTS) is 1. The van der Waals surface area contributed by atoms with E-state index in [1.807, 2.05) is 26.0 Å². The van der Waals surface area contributed by atoms with Crippen molar-refractivity contribution >= 4 is 17.3 Å². The Bertz CT molecular complexity index is 655. The van der Waals surface area contributed by atoms with Gasteiger partial charge in [0, 0.05) is 16.0 Å². The van der Waals surface area contributed by atoms with Crippen LogP contribution in [0.3, 0.4) is 0 Å². The van der Waals surface area contributed by atoms with E-state index in [-0.39, 0.29) is 0 Å². The molecule has 3 nitrogen and oxygen atoms in total. The minimum atomic E-state index is -0.874. The predicted octanol–water partition coefficient (Wildman–Crippen LogP) is 3.62. The van der Waals surface area contributed by atoms with Gasteiger partial charge in [0.25, 0.3) is 0 Å². The lowest BCUT2D eigenvalue weighted by atomic mass is 9.98. The monoisotopic (exact) mass is 260 g/mol. The first-order valence-electron chi connectivity index (χ1n) is 5.67. The van der Waals surface area contributed by atoms with Gasteiger partial charge in [-0.1, -0.05) is 12.1 Å². The molecular weight excluding hydrogens is 248 g/mol. The Labute approximate surface area is 109 Å². The quantitative estimate of drug-likeness (QED) is 0.851. The molecule has 1 aromatic carbocycles. The van der Waals surface area contributed by atoms with Crippen molar-refractivity contribution in [2.75, 3.05) is 0 Å². The third-order valence-corrected chi connectivity index (χ3v) is 4.36. The molecule has 3 rings (SSSR count). The molecule has 0 atom stereocenters. The maximum absolute atomic E-state index is 11.1. The molecule has 0 fully saturated rings. The van der Waals surface area contributed by atoms with Gasteiger partial charge in [-0.05, 0) is 31.0 Å². The van der Waals surface area contributed by atoms with Crippen molar-refractivity contribution in [3.05, 3.63) is 39.8 Å². The highest BCUT2D eigenvalue weighted by atomic mass is 32.1. The van der Waals surface area contributed by atoms with E-state index in [1.165, 1.54) is 11.3 Å². The van der Waals surface area contributed by atoms with E-state index in [0.717, 1.165) is 32.9 Å². The highest BCUT2D eigenvalue weighted by molar-refractivity contribution is 7.17. The van der Waals surface area contributed by atoms with Crippen molar-refractivity contribution in [1.82, 2.24) is 0 Å². The third-order valence-electron chi connectivity index (χ3n) is 3.18. The summed E-state index contributed by atoms with van der Waals surface area (Å²) in [7, 11) is 0. The summed E-state index contributed by atoms with van der Waals surface area (Å²) in [5.74, 6) is 0.0162. The van der Waals surface area contributed by atoms with Gasteiger partial charge in [-0.25, -0.2) is 4.79 Å². The second kappa shape index (κ2) is 3.85. The Morgan fingerprint density at radius 1 is 1.33 bits per heavy atom. The molecule has 92 valence electrons. The molecule has 0 bridgehead atoms. The summed E-state index contributed by atoms with van der Waals surface area (Å²) in [6.07, 6.45) is 0. The van der Waals surface area contributed by atoms with Crippen molar-refractivity contribution in [3.63, 3.8) is 0 Å². The van der Waals surface area contributed by atoms with Crippen LogP contribution in [0.2, 0.25) is 0 Å². The van der Waals surface area contributed by atoms with Crippen LogP contribution < -0.4 is 4.74 Å². The number of thiophene rings is 1. The lowest BCUT2D eigenvalue weighted by Gasteiger charge is -2.21. The zero-order valence-electron chi connectivity index (χ0n) is 10.1. The van der Waals surface area contributed by atoms with E-state index in [9.17, 15) is 4.79 Å². The highest BCUT2D eigenvalue weighted by Gasteiger charge is 2.24. The van der Waals surface area contributed by atoms with Crippen LogP contribution in [0, 0.1) is 13.8 Å². The zero-order valence-corrected chi connectivity index (χ0v) is 10.9. The molecule has 18 heavy (non-hydrogen) atoms. The second-order valence-electron chi connectivity index (χ2n) is 4.46. The first-order valence-corrected chi connectivity index (χ1v) is 6.49. The molecule has 2 aromatic rings. The molecule has 2 heterocycles. The number of hydrogen-bond acceptors (Lipinski definition) is 3. The van der Waals surface area contributed by atoms with E-state index in [2.05, 4.69) is 0 Å². The number of fused-ring (bicyclic) bond motifs is 3. The lowest BCUT2D eigenvalue weighted by molar-refractivity contribution is 0.0702. The average molecular weight is 260 g/mol. The summed E-state index contributed by atoms with van der Waals surface area (Å²) >= 11 is 1.33. The summed E-state index contributed by atoms with van der Waals surface area (Å²) in [5, 5.41) is 9.08. The standard InChI is InChI=1S/C14H12O3S/c1-7-3-4-8(2)12-11(7)13-9(6-17-12)5-10(18-13)14(15)16/h3-5H,6H2,1-2H3,(H,15,16). The predicted molar refractivity (Wildman–Crippen MR) is 70.5 cm³/mol. The molecule has 0 spiro atoms. The van der Waals surface area contributed by atoms with Crippen molar-refractivity contribution in [3.8, 4) is 16.2 Å². The summed E-state index contributed by atoms with van der Waals surface area (Å²) in [5.41, 5.74) is 4.23. The molecule has 1 aromatic heterocycles. The second-order valence-corrected chi connectivity index (χ2v) is 5.51. The van der Waals surface area contributed by atoms with Crippen molar-refractivity contribution < 1.29 is 14.6 Å². The maximum atomic E-state index is 11.1. The van der Waals surface area contributed by atoms with Crippen molar-refractivity contribution in [1.29, 1.82) is 0 Å². The third kappa shape index (κ3) is 1.53. The molecule has 4 heteroatoms. The molecule has 0 aliphatic carbocycles. The minimum absolute atomic E-state index is 0.373. The van der Waals surface area contributed by atoms with Crippen LogP contribution in [-0.4, -0.2) is 11.1 Å². The summed E-state index contributed by atoms with van der Waals surface area (Å²) in [6, 6.07) is 5.80. The van der Waals surface area contributed by atoms with E-state index in [0.29, 0.717) is 11.5 Å². The molecule has 1 aliphatic heterocycles. The molecule has 0 unspecified atom stereocenters. The number of hydrogen-bond donors (Lipinski definition) is 1. The Morgan fingerprint density at radius 2 is 2.06 bits per heavy atom. The smallest absolute Gasteiger partial charge is 0.345 e. The molecular formula is C14H12O3S. The Morgan fingerprint density at radius 3 is 2.78 bits per heavy atom. The SMILES string of the molecule is Cc1ccc(C)c2c1OCc1cc(C(=O)O)sc1-2. The maximum Gasteiger partial charge on any atom is 0.345 e. The number of carbonyl (C=O) groups is 1. The fraction of sp³-hybridized carbons (Fsp3) is 0.214. The fourth-order valence-electron chi connectivity index (χ4n) is 2.26. The highest BCUT2D eigenvalue weighted by Crippen LogP contribution is 2.45. The van der Waals surface area contributed by atoms with Gasteiger partial charge in [-0.2, -0.15) is 0 Å². The zero-order chi connectivity index (χ0) is 12.9.